The van der Waals surface area contributed by atoms with Crippen molar-refractivity contribution in [1.29, 1.82) is 0 Å². The number of rotatable bonds is 4. The number of hydrogen-bond acceptors (Lipinski definition) is 4. The van der Waals surface area contributed by atoms with Crippen LogP contribution in [0.2, 0.25) is 0 Å². The van der Waals surface area contributed by atoms with Crippen LogP contribution < -0.4 is 0 Å². The maximum Gasteiger partial charge on any atom is 0.335 e. The van der Waals surface area contributed by atoms with E-state index >= 15 is 0 Å². The second kappa shape index (κ2) is 5.05. The summed E-state index contributed by atoms with van der Waals surface area (Å²) in [6, 6.07) is 0. The van der Waals surface area contributed by atoms with Crippen LogP contribution in [-0.2, 0) is 9.53 Å². The first-order chi connectivity index (χ1) is 6.65. The zero-order valence-electron chi connectivity index (χ0n) is 8.12. The van der Waals surface area contributed by atoms with Crippen molar-refractivity contribution in [1.82, 2.24) is 4.90 Å². The molecular formula is C9H13NO3S. The van der Waals surface area contributed by atoms with Crippen molar-refractivity contribution in [3.8, 4) is 0 Å². The highest BCUT2D eigenvalue weighted by Crippen LogP contribution is 2.18. The monoisotopic (exact) mass is 215 g/mol. The predicted octanol–water partition coefficient (Wildman–Crippen LogP) is 1.27. The summed E-state index contributed by atoms with van der Waals surface area (Å²) < 4.78 is 4.77. The van der Waals surface area contributed by atoms with Crippen LogP contribution in [0.15, 0.2) is 12.2 Å². The Hall–Kier alpha value is -0.970. The lowest BCUT2D eigenvalue weighted by Crippen LogP contribution is -2.28. The SMILES string of the molecule is C=C(CN1CCSC1=O)C(=O)OCC. The maximum atomic E-state index is 11.2. The Kier molecular flexibility index (Phi) is 4.00. The fourth-order valence-electron chi connectivity index (χ4n) is 1.10. The molecule has 78 valence electrons. The van der Waals surface area contributed by atoms with E-state index in [2.05, 4.69) is 6.58 Å². The smallest absolute Gasteiger partial charge is 0.335 e. The molecule has 0 aromatic rings. The summed E-state index contributed by atoms with van der Waals surface area (Å²) in [5.41, 5.74) is 0.336. The topological polar surface area (TPSA) is 46.6 Å². The molecule has 1 amide bonds. The van der Waals surface area contributed by atoms with Gasteiger partial charge in [0, 0.05) is 17.9 Å². The van der Waals surface area contributed by atoms with Crippen molar-refractivity contribution in [2.45, 2.75) is 6.92 Å². The van der Waals surface area contributed by atoms with Crippen LogP contribution in [0.25, 0.3) is 0 Å². The van der Waals surface area contributed by atoms with E-state index in [9.17, 15) is 9.59 Å². The van der Waals surface area contributed by atoms with Crippen LogP contribution in [0.1, 0.15) is 6.92 Å². The minimum atomic E-state index is -0.419. The van der Waals surface area contributed by atoms with Crippen molar-refractivity contribution >= 4 is 23.0 Å². The van der Waals surface area contributed by atoms with Gasteiger partial charge in [-0.2, -0.15) is 0 Å². The lowest BCUT2D eigenvalue weighted by molar-refractivity contribution is -0.138. The minimum absolute atomic E-state index is 0.00967. The van der Waals surface area contributed by atoms with Crippen molar-refractivity contribution in [2.75, 3.05) is 25.4 Å². The Balaban J connectivity index is 2.40. The molecule has 1 heterocycles. The number of ether oxygens (including phenoxy) is 1. The Morgan fingerprint density at radius 1 is 1.71 bits per heavy atom. The van der Waals surface area contributed by atoms with E-state index in [0.29, 0.717) is 18.7 Å². The molecule has 0 N–H and O–H groups in total. The Bertz CT molecular complexity index is 265. The molecule has 14 heavy (non-hydrogen) atoms. The quantitative estimate of drug-likeness (QED) is 0.523. The third kappa shape index (κ3) is 2.77. The summed E-state index contributed by atoms with van der Waals surface area (Å²) in [6.07, 6.45) is 0. The summed E-state index contributed by atoms with van der Waals surface area (Å²) in [4.78, 5) is 24.0. The fourth-order valence-corrected chi connectivity index (χ4v) is 1.92. The molecule has 0 aliphatic carbocycles. The second-order valence-corrected chi connectivity index (χ2v) is 3.91. The molecule has 0 radical (unpaired) electrons. The van der Waals surface area contributed by atoms with Gasteiger partial charge >= 0.3 is 5.97 Å². The van der Waals surface area contributed by atoms with Gasteiger partial charge in [-0.15, -0.1) is 0 Å². The first kappa shape index (κ1) is 11.1. The Morgan fingerprint density at radius 2 is 2.43 bits per heavy atom. The summed E-state index contributed by atoms with van der Waals surface area (Å²) in [5, 5.41) is 0.00967. The molecule has 1 fully saturated rings. The largest absolute Gasteiger partial charge is 0.463 e. The van der Waals surface area contributed by atoms with E-state index in [0.717, 1.165) is 5.75 Å². The molecule has 1 rings (SSSR count). The number of esters is 1. The van der Waals surface area contributed by atoms with Crippen LogP contribution in [0, 0.1) is 0 Å². The molecule has 0 aromatic carbocycles. The number of nitrogens with zero attached hydrogens (tertiary/aromatic N) is 1. The Morgan fingerprint density at radius 3 is 2.93 bits per heavy atom. The maximum absolute atomic E-state index is 11.2. The van der Waals surface area contributed by atoms with Gasteiger partial charge in [0.15, 0.2) is 0 Å². The van der Waals surface area contributed by atoms with Gasteiger partial charge in [0.25, 0.3) is 5.24 Å². The van der Waals surface area contributed by atoms with E-state index in [1.54, 1.807) is 11.8 Å². The summed E-state index contributed by atoms with van der Waals surface area (Å²) in [7, 11) is 0. The van der Waals surface area contributed by atoms with Gasteiger partial charge in [-0.1, -0.05) is 18.3 Å². The number of amides is 1. The average Bonchev–Trinajstić information content (AvgIpc) is 2.52. The van der Waals surface area contributed by atoms with Crippen LogP contribution in [0.4, 0.5) is 4.79 Å². The number of carbonyl (C=O) groups is 2. The highest BCUT2D eigenvalue weighted by atomic mass is 32.2. The lowest BCUT2D eigenvalue weighted by atomic mass is 10.3. The number of thioether (sulfide) groups is 1. The number of carbonyl (C=O) groups excluding carboxylic acids is 2. The third-order valence-corrected chi connectivity index (χ3v) is 2.68. The van der Waals surface area contributed by atoms with Crippen LogP contribution in [-0.4, -0.2) is 41.6 Å². The zero-order valence-corrected chi connectivity index (χ0v) is 8.93. The van der Waals surface area contributed by atoms with Gasteiger partial charge in [0.2, 0.25) is 0 Å². The van der Waals surface area contributed by atoms with E-state index in [1.807, 2.05) is 0 Å². The Labute approximate surface area is 87.3 Å². The molecule has 5 heteroatoms. The van der Waals surface area contributed by atoms with Gasteiger partial charge in [0.05, 0.1) is 13.2 Å². The van der Waals surface area contributed by atoms with E-state index in [-0.39, 0.29) is 11.8 Å². The highest BCUT2D eigenvalue weighted by molar-refractivity contribution is 8.13. The summed E-state index contributed by atoms with van der Waals surface area (Å²) >= 11 is 1.27. The molecule has 0 spiro atoms. The van der Waals surface area contributed by atoms with Crippen molar-refractivity contribution < 1.29 is 14.3 Å². The van der Waals surface area contributed by atoms with Gasteiger partial charge in [-0.25, -0.2) is 4.79 Å². The standard InChI is InChI=1S/C9H13NO3S/c1-3-13-8(11)7(2)6-10-4-5-14-9(10)12/h2-6H2,1H3. The zero-order chi connectivity index (χ0) is 10.6. The minimum Gasteiger partial charge on any atom is -0.463 e. The van der Waals surface area contributed by atoms with Crippen molar-refractivity contribution in [2.24, 2.45) is 0 Å². The molecule has 4 nitrogen and oxygen atoms in total. The van der Waals surface area contributed by atoms with Gasteiger partial charge in [-0.3, -0.25) is 4.79 Å². The second-order valence-electron chi connectivity index (χ2n) is 2.86. The fraction of sp³-hybridized carbons (Fsp3) is 0.556. The molecule has 0 atom stereocenters. The van der Waals surface area contributed by atoms with E-state index in [4.69, 9.17) is 4.74 Å². The van der Waals surface area contributed by atoms with E-state index < -0.39 is 5.97 Å². The molecule has 1 aliphatic rings. The molecule has 0 aromatic heterocycles. The highest BCUT2D eigenvalue weighted by Gasteiger charge is 2.23. The molecular weight excluding hydrogens is 202 g/mol. The van der Waals surface area contributed by atoms with Crippen LogP contribution in [0.3, 0.4) is 0 Å². The first-order valence-electron chi connectivity index (χ1n) is 4.41. The molecule has 1 saturated heterocycles. The molecule has 0 bridgehead atoms. The molecule has 0 unspecified atom stereocenters. The van der Waals surface area contributed by atoms with Gasteiger partial charge in [0.1, 0.15) is 0 Å². The van der Waals surface area contributed by atoms with E-state index in [1.165, 1.54) is 11.8 Å². The number of hydrogen-bond donors (Lipinski definition) is 0. The van der Waals surface area contributed by atoms with Crippen LogP contribution in [0.5, 0.6) is 0 Å². The third-order valence-electron chi connectivity index (χ3n) is 1.79. The molecule has 0 saturated carbocycles. The summed E-state index contributed by atoms with van der Waals surface area (Å²) in [6.45, 7) is 6.63. The van der Waals surface area contributed by atoms with Gasteiger partial charge < -0.3 is 9.64 Å². The predicted molar refractivity (Wildman–Crippen MR) is 55.2 cm³/mol. The van der Waals surface area contributed by atoms with Crippen LogP contribution >= 0.6 is 11.8 Å². The normalized spacial score (nSPS) is 15.8. The lowest BCUT2D eigenvalue weighted by Gasteiger charge is -2.14. The van der Waals surface area contributed by atoms with Crippen molar-refractivity contribution in [3.63, 3.8) is 0 Å². The van der Waals surface area contributed by atoms with Crippen molar-refractivity contribution in [3.05, 3.63) is 12.2 Å². The first-order valence-corrected chi connectivity index (χ1v) is 5.40. The molecule has 1 aliphatic heterocycles. The van der Waals surface area contributed by atoms with Gasteiger partial charge in [-0.05, 0) is 6.92 Å². The average molecular weight is 215 g/mol. The summed E-state index contributed by atoms with van der Waals surface area (Å²) in [5.74, 6) is 0.367.